The molecule has 1 aliphatic carbocycles. The van der Waals surface area contributed by atoms with Crippen molar-refractivity contribution >= 4 is 23.3 Å². The van der Waals surface area contributed by atoms with Gasteiger partial charge in [0.05, 0.1) is 0 Å². The lowest BCUT2D eigenvalue weighted by Crippen LogP contribution is -2.01. The van der Waals surface area contributed by atoms with Crippen LogP contribution in [0.5, 0.6) is 0 Å². The summed E-state index contributed by atoms with van der Waals surface area (Å²) in [6.07, 6.45) is 4.66. The predicted molar refractivity (Wildman–Crippen MR) is 82.1 cm³/mol. The Labute approximate surface area is 112 Å². The van der Waals surface area contributed by atoms with E-state index in [1.54, 1.807) is 0 Å². The fraction of sp³-hybridized carbons (Fsp3) is 0.200. The van der Waals surface area contributed by atoms with Gasteiger partial charge in [-0.05, 0) is 49.6 Å². The molecule has 0 fully saturated rings. The molecule has 0 nitrogen and oxygen atoms in total. The van der Waals surface area contributed by atoms with Crippen LogP contribution in [-0.2, 0) is 0 Å². The van der Waals surface area contributed by atoms with E-state index in [1.807, 2.05) is 0 Å². The fourth-order valence-electron chi connectivity index (χ4n) is 2.71. The Morgan fingerprint density at radius 1 is 0.824 bits per heavy atom. The quantitative estimate of drug-likeness (QED) is 0.685. The molecule has 0 heterocycles. The molecule has 0 spiro atoms. The summed E-state index contributed by atoms with van der Waals surface area (Å²) in [6.45, 7) is 0. The Morgan fingerprint density at radius 3 is 1.65 bits per heavy atom. The molecule has 0 aromatic heterocycles. The summed E-state index contributed by atoms with van der Waals surface area (Å²) in [5, 5.41) is 0.523. The van der Waals surface area contributed by atoms with Crippen molar-refractivity contribution in [3.05, 3.63) is 59.7 Å². The first-order chi connectivity index (χ1) is 8.09. The van der Waals surface area contributed by atoms with Gasteiger partial charge in [-0.2, -0.15) is 8.46 Å². The minimum absolute atomic E-state index is 0.523. The number of benzene rings is 2. The van der Waals surface area contributed by atoms with Gasteiger partial charge in [0, 0.05) is 5.25 Å². The van der Waals surface area contributed by atoms with Gasteiger partial charge in [-0.25, -0.2) is 0 Å². The van der Waals surface area contributed by atoms with Crippen LogP contribution >= 0.6 is 23.3 Å². The smallest absolute Gasteiger partial charge is 0.0485 e. The molecule has 2 aromatic carbocycles. The third kappa shape index (κ3) is 1.74. The Kier molecular flexibility index (Phi) is 2.60. The minimum atomic E-state index is -0.817. The second kappa shape index (κ2) is 3.89. The van der Waals surface area contributed by atoms with E-state index in [4.69, 9.17) is 0 Å². The first-order valence-electron chi connectivity index (χ1n) is 5.69. The van der Waals surface area contributed by atoms with Crippen LogP contribution in [0.25, 0.3) is 11.1 Å². The highest BCUT2D eigenvalue weighted by Crippen LogP contribution is 2.67. The molecule has 0 atom stereocenters. The minimum Gasteiger partial charge on any atom is -0.178 e. The van der Waals surface area contributed by atoms with E-state index in [-0.39, 0.29) is 0 Å². The van der Waals surface area contributed by atoms with Crippen molar-refractivity contribution < 1.29 is 0 Å². The number of hydrogen-bond acceptors (Lipinski definition) is 0. The van der Waals surface area contributed by atoms with Crippen LogP contribution < -0.4 is 0 Å². The molecular formula is C15H15BrS. The van der Waals surface area contributed by atoms with E-state index in [0.717, 1.165) is 0 Å². The normalized spacial score (nSPS) is 15.5. The summed E-state index contributed by atoms with van der Waals surface area (Å²) in [6, 6.07) is 17.6. The van der Waals surface area contributed by atoms with Crippen LogP contribution in [0.15, 0.2) is 48.5 Å². The zero-order chi connectivity index (χ0) is 12.0. The van der Waals surface area contributed by atoms with Gasteiger partial charge in [-0.1, -0.05) is 48.5 Å². The van der Waals surface area contributed by atoms with E-state index in [2.05, 4.69) is 75.9 Å². The Balaban J connectivity index is 2.31. The molecule has 0 radical (unpaired) electrons. The molecule has 17 heavy (non-hydrogen) atoms. The highest BCUT2D eigenvalue weighted by atomic mass is 79.9. The average Bonchev–Trinajstić information content (AvgIpc) is 2.63. The summed E-state index contributed by atoms with van der Waals surface area (Å²) in [7, 11) is -0.817. The lowest BCUT2D eigenvalue weighted by Gasteiger charge is -2.32. The first-order valence-corrected chi connectivity index (χ1v) is 10.0. The van der Waals surface area contributed by atoms with E-state index in [0.29, 0.717) is 5.25 Å². The summed E-state index contributed by atoms with van der Waals surface area (Å²) in [4.78, 5) is 0. The second-order valence-electron chi connectivity index (χ2n) is 4.83. The van der Waals surface area contributed by atoms with Crippen LogP contribution in [-0.4, -0.2) is 12.5 Å². The van der Waals surface area contributed by atoms with E-state index >= 15 is 0 Å². The highest BCUT2D eigenvalue weighted by molar-refractivity contribution is 9.58. The van der Waals surface area contributed by atoms with Crippen molar-refractivity contribution in [1.29, 1.82) is 0 Å². The summed E-state index contributed by atoms with van der Waals surface area (Å²) in [5.41, 5.74) is 5.78. The van der Waals surface area contributed by atoms with E-state index in [1.165, 1.54) is 22.3 Å². The monoisotopic (exact) mass is 306 g/mol. The van der Waals surface area contributed by atoms with E-state index in [9.17, 15) is 0 Å². The van der Waals surface area contributed by atoms with Gasteiger partial charge < -0.3 is 0 Å². The molecule has 0 saturated heterocycles. The SMILES string of the molecule is CS(C)(Br)C1c2ccccc2-c2ccccc21. The number of halogens is 1. The molecule has 2 aromatic rings. The van der Waals surface area contributed by atoms with Crippen LogP contribution in [0.3, 0.4) is 0 Å². The van der Waals surface area contributed by atoms with Gasteiger partial charge in [0.2, 0.25) is 0 Å². The molecule has 0 unspecified atom stereocenters. The van der Waals surface area contributed by atoms with Crippen molar-refractivity contribution in [2.24, 2.45) is 0 Å². The molecule has 0 saturated carbocycles. The second-order valence-corrected chi connectivity index (χ2v) is 12.9. The molecule has 3 rings (SSSR count). The van der Waals surface area contributed by atoms with Gasteiger partial charge in [0.25, 0.3) is 0 Å². The Bertz CT molecular complexity index is 524. The van der Waals surface area contributed by atoms with Crippen LogP contribution in [0.2, 0.25) is 0 Å². The number of hydrogen-bond donors (Lipinski definition) is 0. The average molecular weight is 307 g/mol. The maximum Gasteiger partial charge on any atom is 0.0485 e. The molecule has 0 aliphatic heterocycles. The van der Waals surface area contributed by atoms with Crippen molar-refractivity contribution in [3.63, 3.8) is 0 Å². The van der Waals surface area contributed by atoms with Crippen LogP contribution in [0, 0.1) is 0 Å². The van der Waals surface area contributed by atoms with E-state index < -0.39 is 8.46 Å². The summed E-state index contributed by atoms with van der Waals surface area (Å²) >= 11 is 3.93. The molecule has 0 amide bonds. The molecule has 0 N–H and O–H groups in total. The maximum atomic E-state index is 3.93. The predicted octanol–water partition coefficient (Wildman–Crippen LogP) is 5.13. The van der Waals surface area contributed by atoms with Crippen molar-refractivity contribution in [3.8, 4) is 11.1 Å². The zero-order valence-corrected chi connectivity index (χ0v) is 12.4. The lowest BCUT2D eigenvalue weighted by molar-refractivity contribution is 1.21. The third-order valence-electron chi connectivity index (χ3n) is 3.34. The maximum absolute atomic E-state index is 3.93. The largest absolute Gasteiger partial charge is 0.178 e. The standard InChI is InChI=1S/C15H15BrS/c1-17(2,16)15-13-9-5-3-7-11(13)12-8-4-6-10-14(12)15/h3-10,15H,1-2H3. The summed E-state index contributed by atoms with van der Waals surface area (Å²) in [5.74, 6) is 0. The fourth-order valence-corrected chi connectivity index (χ4v) is 5.54. The van der Waals surface area contributed by atoms with Gasteiger partial charge in [-0.3, -0.25) is 0 Å². The Hall–Kier alpha value is -0.730. The highest BCUT2D eigenvalue weighted by Gasteiger charge is 2.34. The zero-order valence-electron chi connectivity index (χ0n) is 9.98. The number of rotatable bonds is 1. The molecule has 0 bridgehead atoms. The summed E-state index contributed by atoms with van der Waals surface area (Å²) < 4.78 is 0. The van der Waals surface area contributed by atoms with Crippen molar-refractivity contribution in [1.82, 2.24) is 0 Å². The molecular weight excluding hydrogens is 292 g/mol. The molecule has 2 heteroatoms. The van der Waals surface area contributed by atoms with Gasteiger partial charge in [0.15, 0.2) is 0 Å². The topological polar surface area (TPSA) is 0 Å². The lowest BCUT2D eigenvalue weighted by atomic mass is 10.1. The van der Waals surface area contributed by atoms with Crippen LogP contribution in [0.4, 0.5) is 0 Å². The number of fused-ring (bicyclic) bond motifs is 3. The Morgan fingerprint density at radius 2 is 1.24 bits per heavy atom. The van der Waals surface area contributed by atoms with Crippen molar-refractivity contribution in [2.75, 3.05) is 12.5 Å². The van der Waals surface area contributed by atoms with Gasteiger partial charge in [-0.15, -0.1) is 0 Å². The molecule has 88 valence electrons. The van der Waals surface area contributed by atoms with Gasteiger partial charge >= 0.3 is 0 Å². The molecule has 1 aliphatic rings. The van der Waals surface area contributed by atoms with Crippen LogP contribution in [0.1, 0.15) is 16.4 Å². The first kappa shape index (κ1) is 11.4. The third-order valence-corrected chi connectivity index (χ3v) is 6.09. The van der Waals surface area contributed by atoms with Crippen molar-refractivity contribution in [2.45, 2.75) is 5.25 Å². The van der Waals surface area contributed by atoms with Gasteiger partial charge in [0.1, 0.15) is 0 Å².